The third kappa shape index (κ3) is 9.11. The van der Waals surface area contributed by atoms with Gasteiger partial charge in [-0.25, -0.2) is 0 Å². The Bertz CT molecular complexity index is 1700. The van der Waals surface area contributed by atoms with Gasteiger partial charge >= 0.3 is 0 Å². The number of anilines is 1. The van der Waals surface area contributed by atoms with Gasteiger partial charge in [-0.05, 0) is 114 Å². The molecule has 1 saturated heterocycles. The van der Waals surface area contributed by atoms with Crippen LogP contribution in [0.15, 0.2) is 57.7 Å². The SMILES string of the molecule is CC(=O)N(C)c1ccc2oc(C(=O)N[C@H](CCN3CCC(C(=O)NC(C)(C)C)(C4CCCCC4)CC3)Cc3ccc(Cl)cc3)cc(=O)c2c1. The summed E-state index contributed by atoms with van der Waals surface area (Å²) in [6, 6.07) is 13.5. The number of carbonyl (C=O) groups is 3. The molecule has 1 atom stereocenters. The van der Waals surface area contributed by atoms with Gasteiger partial charge in [-0.2, -0.15) is 0 Å². The van der Waals surface area contributed by atoms with Crippen LogP contribution in [0.2, 0.25) is 5.02 Å². The van der Waals surface area contributed by atoms with Crippen molar-refractivity contribution in [3.63, 3.8) is 0 Å². The zero-order chi connectivity index (χ0) is 35.3. The summed E-state index contributed by atoms with van der Waals surface area (Å²) in [5, 5.41) is 7.40. The van der Waals surface area contributed by atoms with Crippen molar-refractivity contribution in [2.45, 2.75) is 97.1 Å². The van der Waals surface area contributed by atoms with Gasteiger partial charge in [-0.3, -0.25) is 19.2 Å². The molecular weight excluding hydrogens is 640 g/mol. The van der Waals surface area contributed by atoms with Crippen LogP contribution in [-0.2, 0) is 16.0 Å². The van der Waals surface area contributed by atoms with Crippen LogP contribution in [0, 0.1) is 11.3 Å². The van der Waals surface area contributed by atoms with Gasteiger partial charge in [0.05, 0.1) is 10.8 Å². The van der Waals surface area contributed by atoms with Crippen LogP contribution >= 0.6 is 11.6 Å². The van der Waals surface area contributed by atoms with E-state index in [2.05, 4.69) is 36.3 Å². The Balaban J connectivity index is 1.29. The Morgan fingerprint density at radius 3 is 2.33 bits per heavy atom. The smallest absolute Gasteiger partial charge is 0.287 e. The number of nitrogens with one attached hydrogen (secondary N) is 2. The van der Waals surface area contributed by atoms with E-state index in [1.54, 1.807) is 25.2 Å². The molecule has 0 unspecified atom stereocenters. The number of nitrogens with zero attached hydrogens (tertiary/aromatic N) is 2. The Kier molecular flexibility index (Phi) is 11.5. The highest BCUT2D eigenvalue weighted by Crippen LogP contribution is 2.46. The molecule has 1 aliphatic heterocycles. The molecule has 49 heavy (non-hydrogen) atoms. The van der Waals surface area contributed by atoms with Crippen molar-refractivity contribution in [3.8, 4) is 0 Å². The summed E-state index contributed by atoms with van der Waals surface area (Å²) in [4.78, 5) is 56.2. The summed E-state index contributed by atoms with van der Waals surface area (Å²) in [5.74, 6) is -0.0620. The maximum atomic E-state index is 13.8. The van der Waals surface area contributed by atoms with E-state index in [9.17, 15) is 19.2 Å². The molecule has 3 aromatic rings. The normalized spacial score (nSPS) is 17.8. The highest BCUT2D eigenvalue weighted by Gasteiger charge is 2.48. The number of hydrogen-bond donors (Lipinski definition) is 2. The molecule has 5 rings (SSSR count). The summed E-state index contributed by atoms with van der Waals surface area (Å²) in [7, 11) is 1.63. The number of fused-ring (bicyclic) bond motifs is 1. The molecule has 10 heteroatoms. The largest absolute Gasteiger partial charge is 0.451 e. The van der Waals surface area contributed by atoms with Crippen LogP contribution in [0.25, 0.3) is 11.0 Å². The van der Waals surface area contributed by atoms with Crippen molar-refractivity contribution in [1.82, 2.24) is 15.5 Å². The number of halogens is 1. The number of piperidine rings is 1. The number of benzene rings is 2. The molecule has 1 aromatic heterocycles. The highest BCUT2D eigenvalue weighted by molar-refractivity contribution is 6.30. The van der Waals surface area contributed by atoms with Crippen LogP contribution < -0.4 is 21.0 Å². The van der Waals surface area contributed by atoms with Gasteiger partial charge in [0.2, 0.25) is 11.8 Å². The van der Waals surface area contributed by atoms with E-state index in [-0.39, 0.29) is 45.6 Å². The molecule has 3 amide bonds. The molecule has 0 spiro atoms. The van der Waals surface area contributed by atoms with E-state index >= 15 is 0 Å². The second-order valence-electron chi connectivity index (χ2n) is 15.1. The summed E-state index contributed by atoms with van der Waals surface area (Å²) < 4.78 is 5.92. The highest BCUT2D eigenvalue weighted by atomic mass is 35.5. The van der Waals surface area contributed by atoms with E-state index in [0.29, 0.717) is 34.9 Å². The van der Waals surface area contributed by atoms with E-state index in [4.69, 9.17) is 16.0 Å². The molecule has 0 bridgehead atoms. The van der Waals surface area contributed by atoms with Crippen LogP contribution in [-0.4, -0.2) is 60.9 Å². The number of carbonyl (C=O) groups excluding carboxylic acids is 3. The quantitative estimate of drug-likeness (QED) is 0.244. The average molecular weight is 691 g/mol. The predicted octanol–water partition coefficient (Wildman–Crippen LogP) is 6.74. The fourth-order valence-corrected chi connectivity index (χ4v) is 7.61. The van der Waals surface area contributed by atoms with Gasteiger partial charge < -0.3 is 24.9 Å². The molecule has 2 N–H and O–H groups in total. The number of hydrogen-bond acceptors (Lipinski definition) is 6. The lowest BCUT2D eigenvalue weighted by molar-refractivity contribution is -0.141. The molecular formula is C39H51ClN4O5. The first-order valence-corrected chi connectivity index (χ1v) is 18.0. The standard InChI is InChI=1S/C39H51ClN4O5/c1-26(45)43(5)31-15-16-34-32(24-31)33(46)25-35(49-34)36(47)41-30(23-27-11-13-29(40)14-12-27)17-20-44-21-18-39(19-22-44,28-9-7-6-8-10-28)37(48)42-38(2,3)4/h11-16,24-25,28,30H,6-10,17-23H2,1-5H3,(H,41,47)(H,42,48)/t30-/m1/s1. The maximum absolute atomic E-state index is 13.8. The first-order chi connectivity index (χ1) is 23.2. The first kappa shape index (κ1) is 36.6. The molecule has 2 aromatic carbocycles. The fraction of sp³-hybridized carbons (Fsp3) is 0.538. The van der Waals surface area contributed by atoms with Gasteiger partial charge in [-0.1, -0.05) is 43.0 Å². The molecule has 264 valence electrons. The maximum Gasteiger partial charge on any atom is 0.287 e. The molecule has 0 radical (unpaired) electrons. The predicted molar refractivity (Wildman–Crippen MR) is 195 cm³/mol. The third-order valence-corrected chi connectivity index (χ3v) is 10.6. The number of amides is 3. The van der Waals surface area contributed by atoms with Gasteiger partial charge in [0.25, 0.3) is 5.91 Å². The van der Waals surface area contributed by atoms with E-state index in [1.165, 1.54) is 37.2 Å². The molecule has 2 heterocycles. The van der Waals surface area contributed by atoms with E-state index < -0.39 is 5.91 Å². The Morgan fingerprint density at radius 2 is 1.69 bits per heavy atom. The van der Waals surface area contributed by atoms with Crippen molar-refractivity contribution in [1.29, 1.82) is 0 Å². The fourth-order valence-electron chi connectivity index (χ4n) is 7.49. The number of likely N-dealkylation sites (tertiary alicyclic amines) is 1. The van der Waals surface area contributed by atoms with Gasteiger partial charge in [0, 0.05) is 48.9 Å². The summed E-state index contributed by atoms with van der Waals surface area (Å²) >= 11 is 6.15. The first-order valence-electron chi connectivity index (χ1n) is 17.7. The van der Waals surface area contributed by atoms with E-state index in [1.807, 2.05) is 24.3 Å². The van der Waals surface area contributed by atoms with Crippen LogP contribution in [0.1, 0.15) is 95.2 Å². The minimum Gasteiger partial charge on any atom is -0.451 e. The minimum atomic E-state index is -0.461. The summed E-state index contributed by atoms with van der Waals surface area (Å²) in [6.45, 7) is 10.0. The van der Waals surface area contributed by atoms with Crippen molar-refractivity contribution < 1.29 is 18.8 Å². The zero-order valence-corrected chi connectivity index (χ0v) is 30.3. The molecule has 1 aliphatic carbocycles. The van der Waals surface area contributed by atoms with Gasteiger partial charge in [0.15, 0.2) is 11.2 Å². The van der Waals surface area contributed by atoms with Gasteiger partial charge in [0.1, 0.15) is 5.58 Å². The second kappa shape index (κ2) is 15.5. The van der Waals surface area contributed by atoms with Gasteiger partial charge in [-0.15, -0.1) is 0 Å². The Hall–Kier alpha value is -3.69. The topological polar surface area (TPSA) is 112 Å². The molecule has 9 nitrogen and oxygen atoms in total. The van der Waals surface area contributed by atoms with Crippen LogP contribution in [0.3, 0.4) is 0 Å². The Labute approximate surface area is 294 Å². The third-order valence-electron chi connectivity index (χ3n) is 10.4. The second-order valence-corrected chi connectivity index (χ2v) is 15.5. The van der Waals surface area contributed by atoms with E-state index in [0.717, 1.165) is 50.9 Å². The molecule has 1 saturated carbocycles. The molecule has 2 aliphatic rings. The summed E-state index contributed by atoms with van der Waals surface area (Å²) in [6.07, 6.45) is 8.80. The minimum absolute atomic E-state index is 0.0635. The van der Waals surface area contributed by atoms with Crippen LogP contribution in [0.5, 0.6) is 0 Å². The number of rotatable bonds is 10. The summed E-state index contributed by atoms with van der Waals surface area (Å²) in [5.41, 5.74) is 0.906. The molecule has 2 fully saturated rings. The lowest BCUT2D eigenvalue weighted by Gasteiger charge is -2.47. The van der Waals surface area contributed by atoms with Crippen molar-refractivity contribution in [2.24, 2.45) is 11.3 Å². The van der Waals surface area contributed by atoms with Crippen molar-refractivity contribution in [2.75, 3.05) is 31.6 Å². The lowest BCUT2D eigenvalue weighted by Crippen LogP contribution is -2.56. The van der Waals surface area contributed by atoms with Crippen LogP contribution in [0.4, 0.5) is 5.69 Å². The Morgan fingerprint density at radius 1 is 1.02 bits per heavy atom. The monoisotopic (exact) mass is 690 g/mol. The zero-order valence-electron chi connectivity index (χ0n) is 29.6. The van der Waals surface area contributed by atoms with Crippen molar-refractivity contribution >= 4 is 46.0 Å². The lowest BCUT2D eigenvalue weighted by atomic mass is 9.63. The average Bonchev–Trinajstić information content (AvgIpc) is 3.07. The van der Waals surface area contributed by atoms with Crippen molar-refractivity contribution in [3.05, 3.63) is 75.1 Å².